The lowest BCUT2D eigenvalue weighted by Gasteiger charge is -2.28. The van der Waals surface area contributed by atoms with Crippen LogP contribution < -0.4 is 0 Å². The molecule has 1 aromatic rings. The van der Waals surface area contributed by atoms with Gasteiger partial charge in [0.05, 0.1) is 6.33 Å². The lowest BCUT2D eigenvalue weighted by molar-refractivity contribution is 0.117. The fraction of sp³-hybridized carbons (Fsp3) is 0.600. The highest BCUT2D eigenvalue weighted by Gasteiger charge is 2.20. The largest absolute Gasteiger partial charge is 0.384 e. The monoisotopic (exact) mass is 304 g/mol. The highest BCUT2D eigenvalue weighted by atomic mass is 19.1. The average molecular weight is 304 g/mol. The standard InChI is InChI=1S/C20H29FO/c1-22-16-20-13-11-19(12-14-20)10-9-18-7-5-17(6-8-18)4-2-3-15-21/h3,5-8,15,19-20H,2,4,9-14,16H2,1H3/b15-3+. The second kappa shape index (κ2) is 9.78. The molecule has 1 fully saturated rings. The minimum atomic E-state index is 0.635. The molecule has 1 aliphatic rings. The number of benzene rings is 1. The van der Waals surface area contributed by atoms with E-state index >= 15 is 0 Å². The maximum atomic E-state index is 11.9. The van der Waals surface area contributed by atoms with Crippen LogP contribution in [0.4, 0.5) is 4.39 Å². The van der Waals surface area contributed by atoms with Gasteiger partial charge in [0.2, 0.25) is 0 Å². The van der Waals surface area contributed by atoms with Gasteiger partial charge in [0.15, 0.2) is 0 Å². The molecule has 2 heteroatoms. The Hall–Kier alpha value is -1.15. The van der Waals surface area contributed by atoms with Crippen molar-refractivity contribution in [2.24, 2.45) is 11.8 Å². The predicted octanol–water partition coefficient (Wildman–Crippen LogP) is 5.49. The quantitative estimate of drug-likeness (QED) is 0.617. The van der Waals surface area contributed by atoms with Gasteiger partial charge in [0, 0.05) is 13.7 Å². The Morgan fingerprint density at radius 3 is 2.18 bits per heavy atom. The first-order valence-electron chi connectivity index (χ1n) is 8.63. The molecule has 0 atom stereocenters. The van der Waals surface area contributed by atoms with Crippen molar-refractivity contribution >= 4 is 0 Å². The van der Waals surface area contributed by atoms with Gasteiger partial charge in [-0.3, -0.25) is 0 Å². The number of rotatable bonds is 8. The number of hydrogen-bond donors (Lipinski definition) is 0. The molecule has 0 radical (unpaired) electrons. The van der Waals surface area contributed by atoms with E-state index in [9.17, 15) is 4.39 Å². The molecular formula is C20H29FO. The summed E-state index contributed by atoms with van der Waals surface area (Å²) in [6, 6.07) is 8.86. The molecule has 0 aliphatic heterocycles. The third-order valence-electron chi connectivity index (χ3n) is 4.92. The highest BCUT2D eigenvalue weighted by Crippen LogP contribution is 2.31. The summed E-state index contributed by atoms with van der Waals surface area (Å²) in [5.74, 6) is 1.68. The van der Waals surface area contributed by atoms with Crippen LogP contribution in [0.2, 0.25) is 0 Å². The van der Waals surface area contributed by atoms with Crippen molar-refractivity contribution < 1.29 is 9.13 Å². The molecule has 22 heavy (non-hydrogen) atoms. The van der Waals surface area contributed by atoms with Crippen molar-refractivity contribution in [2.45, 2.75) is 51.4 Å². The van der Waals surface area contributed by atoms with Crippen molar-refractivity contribution in [3.8, 4) is 0 Å². The number of allylic oxidation sites excluding steroid dienone is 1. The van der Waals surface area contributed by atoms with Crippen molar-refractivity contribution in [3.63, 3.8) is 0 Å². The molecule has 1 saturated carbocycles. The fourth-order valence-electron chi connectivity index (χ4n) is 3.48. The van der Waals surface area contributed by atoms with Crippen LogP contribution in [0.15, 0.2) is 36.7 Å². The summed E-state index contributed by atoms with van der Waals surface area (Å²) in [6.45, 7) is 0.936. The van der Waals surface area contributed by atoms with Crippen molar-refractivity contribution in [2.75, 3.05) is 13.7 Å². The van der Waals surface area contributed by atoms with Gasteiger partial charge in [-0.1, -0.05) is 43.2 Å². The van der Waals surface area contributed by atoms with E-state index < -0.39 is 0 Å². The second-order valence-electron chi connectivity index (χ2n) is 6.60. The minimum Gasteiger partial charge on any atom is -0.384 e. The topological polar surface area (TPSA) is 9.23 Å². The van der Waals surface area contributed by atoms with Gasteiger partial charge in [-0.15, -0.1) is 0 Å². The van der Waals surface area contributed by atoms with Gasteiger partial charge in [-0.25, -0.2) is 4.39 Å². The van der Waals surface area contributed by atoms with Crippen LogP contribution in [0.5, 0.6) is 0 Å². The number of hydrogen-bond acceptors (Lipinski definition) is 1. The summed E-state index contributed by atoms with van der Waals surface area (Å²) in [6.07, 6.45) is 11.8. The van der Waals surface area contributed by atoms with E-state index in [1.165, 1.54) is 49.7 Å². The Kier molecular flexibility index (Phi) is 7.65. The van der Waals surface area contributed by atoms with Gasteiger partial charge >= 0.3 is 0 Å². The van der Waals surface area contributed by atoms with Gasteiger partial charge in [0.1, 0.15) is 0 Å². The van der Waals surface area contributed by atoms with Crippen molar-refractivity contribution in [3.05, 3.63) is 47.8 Å². The maximum Gasteiger partial charge on any atom is 0.0827 e. The number of halogens is 1. The van der Waals surface area contributed by atoms with Crippen LogP contribution in [0, 0.1) is 11.8 Å². The summed E-state index contributed by atoms with van der Waals surface area (Å²) in [5.41, 5.74) is 2.73. The zero-order valence-electron chi connectivity index (χ0n) is 13.8. The van der Waals surface area contributed by atoms with Gasteiger partial charge in [-0.05, 0) is 61.5 Å². The Morgan fingerprint density at radius 2 is 1.59 bits per heavy atom. The summed E-state index contributed by atoms with van der Waals surface area (Å²) in [5, 5.41) is 0. The van der Waals surface area contributed by atoms with Gasteiger partial charge in [0.25, 0.3) is 0 Å². The molecular weight excluding hydrogens is 275 g/mol. The third-order valence-corrected chi connectivity index (χ3v) is 4.92. The molecule has 0 unspecified atom stereocenters. The molecule has 0 aromatic heterocycles. The average Bonchev–Trinajstić information content (AvgIpc) is 2.56. The van der Waals surface area contributed by atoms with Crippen LogP contribution in [0.25, 0.3) is 0 Å². The second-order valence-corrected chi connectivity index (χ2v) is 6.60. The first-order chi connectivity index (χ1) is 10.8. The zero-order chi connectivity index (χ0) is 15.6. The van der Waals surface area contributed by atoms with E-state index in [2.05, 4.69) is 24.3 Å². The normalized spacial score (nSPS) is 22.3. The Morgan fingerprint density at radius 1 is 1.00 bits per heavy atom. The molecule has 0 amide bonds. The Labute approximate surface area is 134 Å². The Bertz CT molecular complexity index is 430. The molecule has 0 spiro atoms. The summed E-state index contributed by atoms with van der Waals surface area (Å²) >= 11 is 0. The number of aryl methyl sites for hydroxylation is 2. The van der Waals surface area contributed by atoms with Gasteiger partial charge in [-0.2, -0.15) is 0 Å². The number of methoxy groups -OCH3 is 1. The SMILES string of the molecule is COCC1CCC(CCc2ccc(CC/C=C/F)cc2)CC1. The van der Waals surface area contributed by atoms with Crippen LogP contribution >= 0.6 is 0 Å². The Balaban J connectivity index is 1.69. The molecule has 0 bridgehead atoms. The first kappa shape index (κ1) is 17.2. The summed E-state index contributed by atoms with van der Waals surface area (Å²) in [7, 11) is 1.81. The molecule has 1 nitrogen and oxygen atoms in total. The minimum absolute atomic E-state index is 0.635. The van der Waals surface area contributed by atoms with Crippen LogP contribution in [0.1, 0.15) is 49.7 Å². The molecule has 0 N–H and O–H groups in total. The summed E-state index contributed by atoms with van der Waals surface area (Å²) in [4.78, 5) is 0. The van der Waals surface area contributed by atoms with E-state index in [1.54, 1.807) is 6.08 Å². The molecule has 1 aromatic carbocycles. The van der Waals surface area contributed by atoms with E-state index in [4.69, 9.17) is 4.74 Å². The van der Waals surface area contributed by atoms with E-state index in [1.807, 2.05) is 7.11 Å². The molecule has 0 heterocycles. The van der Waals surface area contributed by atoms with Crippen LogP contribution in [-0.2, 0) is 17.6 Å². The van der Waals surface area contributed by atoms with Crippen molar-refractivity contribution in [1.82, 2.24) is 0 Å². The van der Waals surface area contributed by atoms with E-state index in [0.717, 1.165) is 31.3 Å². The zero-order valence-corrected chi connectivity index (χ0v) is 13.8. The smallest absolute Gasteiger partial charge is 0.0827 e. The van der Waals surface area contributed by atoms with Crippen LogP contribution in [-0.4, -0.2) is 13.7 Å². The fourth-order valence-corrected chi connectivity index (χ4v) is 3.48. The van der Waals surface area contributed by atoms with Gasteiger partial charge < -0.3 is 4.74 Å². The van der Waals surface area contributed by atoms with E-state index in [-0.39, 0.29) is 0 Å². The lowest BCUT2D eigenvalue weighted by atomic mass is 9.80. The molecule has 0 saturated heterocycles. The van der Waals surface area contributed by atoms with Crippen molar-refractivity contribution in [1.29, 1.82) is 0 Å². The number of ether oxygens (including phenoxy) is 1. The first-order valence-corrected chi connectivity index (χ1v) is 8.63. The molecule has 122 valence electrons. The molecule has 1 aliphatic carbocycles. The maximum absolute atomic E-state index is 11.9. The summed E-state index contributed by atoms with van der Waals surface area (Å²) < 4.78 is 17.2. The highest BCUT2D eigenvalue weighted by molar-refractivity contribution is 5.23. The van der Waals surface area contributed by atoms with E-state index in [0.29, 0.717) is 6.33 Å². The third kappa shape index (κ3) is 5.92. The van der Waals surface area contributed by atoms with Crippen LogP contribution in [0.3, 0.4) is 0 Å². The lowest BCUT2D eigenvalue weighted by Crippen LogP contribution is -2.18. The predicted molar refractivity (Wildman–Crippen MR) is 90.7 cm³/mol. The molecule has 2 rings (SSSR count).